The van der Waals surface area contributed by atoms with E-state index in [-0.39, 0.29) is 0 Å². The van der Waals surface area contributed by atoms with Crippen molar-refractivity contribution in [1.82, 2.24) is 4.57 Å². The van der Waals surface area contributed by atoms with E-state index in [1.165, 1.54) is 48.7 Å². The van der Waals surface area contributed by atoms with Crippen molar-refractivity contribution in [2.75, 3.05) is 5.73 Å². The van der Waals surface area contributed by atoms with Crippen molar-refractivity contribution in [1.29, 1.82) is 0 Å². The maximum atomic E-state index is 6.31. The number of aromatic nitrogens is 1. The molecule has 1 aliphatic rings. The van der Waals surface area contributed by atoms with Gasteiger partial charge in [-0.2, -0.15) is 0 Å². The highest BCUT2D eigenvalue weighted by molar-refractivity contribution is 5.93. The van der Waals surface area contributed by atoms with Crippen molar-refractivity contribution in [3.63, 3.8) is 0 Å². The molecule has 0 saturated carbocycles. The molecule has 2 heteroatoms. The van der Waals surface area contributed by atoms with Crippen molar-refractivity contribution < 1.29 is 0 Å². The van der Waals surface area contributed by atoms with Gasteiger partial charge in [-0.25, -0.2) is 0 Å². The van der Waals surface area contributed by atoms with Crippen molar-refractivity contribution in [2.24, 2.45) is 0 Å². The molecule has 1 aliphatic heterocycles. The molecule has 0 saturated heterocycles. The molecular weight excluding hydrogens is 208 g/mol. The number of nitrogens with two attached hydrogens (primary N) is 1. The van der Waals surface area contributed by atoms with Crippen LogP contribution in [0.25, 0.3) is 10.9 Å². The zero-order chi connectivity index (χ0) is 11.7. The standard InChI is InChI=1S/C15H20N2/c16-15-12-8-5-6-9-13(12)17-11-7-3-1-2-4-10-14(15)17/h5-6,8-9H,1-4,7,10-11,16H2. The predicted molar refractivity (Wildman–Crippen MR) is 73.1 cm³/mol. The first-order valence-electron chi connectivity index (χ1n) is 6.73. The first kappa shape index (κ1) is 10.7. The number of anilines is 1. The van der Waals surface area contributed by atoms with Gasteiger partial charge in [0.05, 0.1) is 11.2 Å². The lowest BCUT2D eigenvalue weighted by Gasteiger charge is -2.08. The van der Waals surface area contributed by atoms with Crippen LogP contribution in [0.2, 0.25) is 0 Å². The van der Waals surface area contributed by atoms with Gasteiger partial charge in [-0.15, -0.1) is 0 Å². The number of hydrogen-bond donors (Lipinski definition) is 1. The second-order valence-electron chi connectivity index (χ2n) is 5.05. The molecule has 1 aromatic carbocycles. The van der Waals surface area contributed by atoms with Crippen molar-refractivity contribution in [2.45, 2.75) is 45.1 Å². The second kappa shape index (κ2) is 4.44. The molecule has 90 valence electrons. The van der Waals surface area contributed by atoms with Crippen LogP contribution in [-0.4, -0.2) is 4.57 Å². The van der Waals surface area contributed by atoms with Gasteiger partial charge in [-0.3, -0.25) is 0 Å². The number of rotatable bonds is 0. The first-order chi connectivity index (χ1) is 8.38. The van der Waals surface area contributed by atoms with Crippen molar-refractivity contribution in [3.8, 4) is 0 Å². The number of nitrogen functional groups attached to an aromatic ring is 1. The van der Waals surface area contributed by atoms with Crippen LogP contribution in [0, 0.1) is 0 Å². The molecule has 0 aliphatic carbocycles. The fourth-order valence-electron chi connectivity index (χ4n) is 3.00. The van der Waals surface area contributed by atoms with Crippen LogP contribution in [0.15, 0.2) is 24.3 Å². The van der Waals surface area contributed by atoms with Gasteiger partial charge in [0, 0.05) is 17.6 Å². The highest BCUT2D eigenvalue weighted by Gasteiger charge is 2.14. The van der Waals surface area contributed by atoms with Gasteiger partial charge >= 0.3 is 0 Å². The van der Waals surface area contributed by atoms with Gasteiger partial charge in [-0.1, -0.05) is 37.5 Å². The molecule has 0 unspecified atom stereocenters. The van der Waals surface area contributed by atoms with Crippen LogP contribution in [0.1, 0.15) is 37.8 Å². The molecule has 0 amide bonds. The average Bonchev–Trinajstić information content (AvgIpc) is 2.69. The molecule has 3 rings (SSSR count). The minimum absolute atomic E-state index is 1.02. The predicted octanol–water partition coefficient (Wildman–Crippen LogP) is 3.73. The average molecular weight is 228 g/mol. The first-order valence-corrected chi connectivity index (χ1v) is 6.73. The Labute approximate surface area is 102 Å². The van der Waals surface area contributed by atoms with E-state index in [1.807, 2.05) is 0 Å². The van der Waals surface area contributed by atoms with Crippen LogP contribution in [0.3, 0.4) is 0 Å². The molecule has 0 radical (unpaired) electrons. The zero-order valence-corrected chi connectivity index (χ0v) is 10.3. The van der Waals surface area contributed by atoms with E-state index in [0.717, 1.165) is 18.7 Å². The van der Waals surface area contributed by atoms with Gasteiger partial charge in [0.1, 0.15) is 0 Å². The summed E-state index contributed by atoms with van der Waals surface area (Å²) >= 11 is 0. The molecule has 1 aromatic heterocycles. The van der Waals surface area contributed by atoms with Crippen LogP contribution in [0.4, 0.5) is 5.69 Å². The Bertz CT molecular complexity index is 525. The second-order valence-corrected chi connectivity index (χ2v) is 5.05. The fourth-order valence-corrected chi connectivity index (χ4v) is 3.00. The molecule has 0 bridgehead atoms. The van der Waals surface area contributed by atoms with Crippen LogP contribution < -0.4 is 5.73 Å². The quantitative estimate of drug-likeness (QED) is 0.731. The Balaban J connectivity index is 2.16. The van der Waals surface area contributed by atoms with E-state index < -0.39 is 0 Å². The van der Waals surface area contributed by atoms with Gasteiger partial charge in [0.2, 0.25) is 0 Å². The van der Waals surface area contributed by atoms with Crippen LogP contribution in [-0.2, 0) is 13.0 Å². The van der Waals surface area contributed by atoms with E-state index >= 15 is 0 Å². The molecule has 0 fully saturated rings. The summed E-state index contributed by atoms with van der Waals surface area (Å²) in [6, 6.07) is 8.55. The molecule has 2 nitrogen and oxygen atoms in total. The normalized spacial score (nSPS) is 17.2. The summed E-state index contributed by atoms with van der Waals surface area (Å²) in [7, 11) is 0. The van der Waals surface area contributed by atoms with Gasteiger partial charge in [0.25, 0.3) is 0 Å². The monoisotopic (exact) mass is 228 g/mol. The number of nitrogens with zero attached hydrogens (tertiary/aromatic N) is 1. The van der Waals surface area contributed by atoms with E-state index in [9.17, 15) is 0 Å². The summed E-state index contributed by atoms with van der Waals surface area (Å²) < 4.78 is 2.45. The third-order valence-corrected chi connectivity index (χ3v) is 3.92. The molecule has 0 atom stereocenters. The highest BCUT2D eigenvalue weighted by Crippen LogP contribution is 2.31. The Kier molecular flexibility index (Phi) is 2.79. The van der Waals surface area contributed by atoms with E-state index in [1.54, 1.807) is 0 Å². The van der Waals surface area contributed by atoms with E-state index in [0.29, 0.717) is 0 Å². The lowest BCUT2D eigenvalue weighted by molar-refractivity contribution is 0.595. The molecular formula is C15H20N2. The highest BCUT2D eigenvalue weighted by atomic mass is 15.0. The number of benzene rings is 1. The van der Waals surface area contributed by atoms with E-state index in [2.05, 4.69) is 28.8 Å². The van der Waals surface area contributed by atoms with Crippen molar-refractivity contribution >= 4 is 16.6 Å². The summed E-state index contributed by atoms with van der Waals surface area (Å²) in [5.41, 5.74) is 10.0. The molecule has 2 N–H and O–H groups in total. The Morgan fingerprint density at radius 2 is 1.71 bits per heavy atom. The maximum Gasteiger partial charge on any atom is 0.0607 e. The minimum atomic E-state index is 1.02. The summed E-state index contributed by atoms with van der Waals surface area (Å²) in [5, 5.41) is 1.24. The molecule has 2 aromatic rings. The topological polar surface area (TPSA) is 30.9 Å². The lowest BCUT2D eigenvalue weighted by Crippen LogP contribution is -2.03. The number of para-hydroxylation sites is 1. The zero-order valence-electron chi connectivity index (χ0n) is 10.3. The van der Waals surface area contributed by atoms with Gasteiger partial charge in [0.15, 0.2) is 0 Å². The van der Waals surface area contributed by atoms with Gasteiger partial charge in [-0.05, 0) is 25.3 Å². The molecule has 2 heterocycles. The Morgan fingerprint density at radius 1 is 0.941 bits per heavy atom. The Morgan fingerprint density at radius 3 is 2.65 bits per heavy atom. The third kappa shape index (κ3) is 1.82. The van der Waals surface area contributed by atoms with Crippen LogP contribution in [0.5, 0.6) is 0 Å². The fraction of sp³-hybridized carbons (Fsp3) is 0.467. The lowest BCUT2D eigenvalue weighted by atomic mass is 10.1. The van der Waals surface area contributed by atoms with Gasteiger partial charge < -0.3 is 10.3 Å². The molecule has 0 spiro atoms. The number of aryl methyl sites for hydroxylation is 1. The maximum absolute atomic E-state index is 6.31. The number of fused-ring (bicyclic) bond motifs is 3. The van der Waals surface area contributed by atoms with Crippen molar-refractivity contribution in [3.05, 3.63) is 30.0 Å². The van der Waals surface area contributed by atoms with Crippen LogP contribution >= 0.6 is 0 Å². The summed E-state index contributed by atoms with van der Waals surface area (Å²) in [5.74, 6) is 0. The largest absolute Gasteiger partial charge is 0.397 e. The third-order valence-electron chi connectivity index (χ3n) is 3.92. The minimum Gasteiger partial charge on any atom is -0.397 e. The summed E-state index contributed by atoms with van der Waals surface area (Å²) in [6.07, 6.45) is 7.78. The summed E-state index contributed by atoms with van der Waals surface area (Å²) in [4.78, 5) is 0. The smallest absolute Gasteiger partial charge is 0.0607 e. The number of hydrogen-bond acceptors (Lipinski definition) is 1. The SMILES string of the molecule is Nc1c2n(c3ccccc13)CCCCCCC2. The molecule has 17 heavy (non-hydrogen) atoms. The Hall–Kier alpha value is -1.44. The van der Waals surface area contributed by atoms with E-state index in [4.69, 9.17) is 5.73 Å². The summed E-state index contributed by atoms with van der Waals surface area (Å²) in [6.45, 7) is 1.13.